The second-order valence-corrected chi connectivity index (χ2v) is 9.83. The third kappa shape index (κ3) is 5.85. The molecule has 0 aliphatic carbocycles. The molecule has 0 aliphatic heterocycles. The first-order valence-electron chi connectivity index (χ1n) is 10.9. The molecule has 174 valence electrons. The number of thioether (sulfide) groups is 1. The minimum Gasteiger partial charge on any atom is -0.480 e. The van der Waals surface area contributed by atoms with Gasteiger partial charge in [-0.3, -0.25) is 9.59 Å². The number of aryl methyl sites for hydroxylation is 3. The maximum Gasteiger partial charge on any atom is 0.316 e. The molecule has 34 heavy (non-hydrogen) atoms. The molecule has 0 saturated carbocycles. The van der Waals surface area contributed by atoms with Gasteiger partial charge in [0.05, 0.1) is 5.39 Å². The summed E-state index contributed by atoms with van der Waals surface area (Å²) in [7, 11) is 0. The van der Waals surface area contributed by atoms with E-state index in [1.165, 1.54) is 16.4 Å². The molecule has 0 fully saturated rings. The van der Waals surface area contributed by atoms with Gasteiger partial charge >= 0.3 is 5.97 Å². The molecular formula is C26H24ClN3O3S. The highest BCUT2D eigenvalue weighted by molar-refractivity contribution is 8.00. The number of carboxylic acids is 1. The third-order valence-electron chi connectivity index (χ3n) is 5.60. The highest BCUT2D eigenvalue weighted by Gasteiger charge is 2.19. The van der Waals surface area contributed by atoms with Crippen molar-refractivity contribution in [3.05, 3.63) is 93.2 Å². The first-order valence-corrected chi connectivity index (χ1v) is 12.4. The molecule has 0 spiro atoms. The summed E-state index contributed by atoms with van der Waals surface area (Å²) < 4.78 is 1.26. The lowest BCUT2D eigenvalue weighted by molar-refractivity contribution is -0.136. The van der Waals surface area contributed by atoms with Crippen LogP contribution in [0.4, 0.5) is 0 Å². The maximum absolute atomic E-state index is 12.7. The van der Waals surface area contributed by atoms with Gasteiger partial charge in [0.1, 0.15) is 10.8 Å². The Morgan fingerprint density at radius 3 is 2.41 bits per heavy atom. The monoisotopic (exact) mass is 493 g/mol. The van der Waals surface area contributed by atoms with Crippen molar-refractivity contribution in [3.63, 3.8) is 0 Å². The average molecular weight is 494 g/mol. The van der Waals surface area contributed by atoms with Gasteiger partial charge in [-0.2, -0.15) is 0 Å². The molecule has 1 heterocycles. The standard InChI is InChI=1S/C26H24ClN3O3S/c1-17-2-11-23-22(16-17)25(31)30(29-28-23)14-12-24(26(32)33)34-15-13-18-3-5-19(6-4-18)20-7-9-21(27)10-8-20/h2-11,16,24H,12-15H2,1H3,(H,32,33). The lowest BCUT2D eigenvalue weighted by Crippen LogP contribution is -2.28. The lowest BCUT2D eigenvalue weighted by atomic mass is 10.0. The fourth-order valence-electron chi connectivity index (χ4n) is 3.68. The fourth-order valence-corrected chi connectivity index (χ4v) is 4.86. The molecule has 0 aliphatic rings. The van der Waals surface area contributed by atoms with Gasteiger partial charge < -0.3 is 5.11 Å². The minimum absolute atomic E-state index is 0.204. The first kappa shape index (κ1) is 24.0. The number of hydrogen-bond donors (Lipinski definition) is 1. The van der Waals surface area contributed by atoms with E-state index in [-0.39, 0.29) is 12.1 Å². The normalized spacial score (nSPS) is 12.1. The predicted molar refractivity (Wildman–Crippen MR) is 138 cm³/mol. The number of rotatable bonds is 9. The van der Waals surface area contributed by atoms with E-state index in [4.69, 9.17) is 11.6 Å². The Morgan fingerprint density at radius 1 is 1.06 bits per heavy atom. The largest absolute Gasteiger partial charge is 0.480 e. The van der Waals surface area contributed by atoms with Crippen LogP contribution in [0.5, 0.6) is 0 Å². The molecule has 1 atom stereocenters. The number of benzene rings is 3. The van der Waals surface area contributed by atoms with Gasteiger partial charge in [0.25, 0.3) is 5.56 Å². The Morgan fingerprint density at radius 2 is 1.74 bits per heavy atom. The third-order valence-corrected chi connectivity index (χ3v) is 7.13. The van der Waals surface area contributed by atoms with Crippen molar-refractivity contribution in [1.29, 1.82) is 0 Å². The highest BCUT2D eigenvalue weighted by Crippen LogP contribution is 2.23. The van der Waals surface area contributed by atoms with Crippen LogP contribution >= 0.6 is 23.4 Å². The molecule has 6 nitrogen and oxygen atoms in total. The molecule has 1 N–H and O–H groups in total. The van der Waals surface area contributed by atoms with Gasteiger partial charge in [-0.15, -0.1) is 16.9 Å². The van der Waals surface area contributed by atoms with E-state index in [9.17, 15) is 14.7 Å². The van der Waals surface area contributed by atoms with Crippen molar-refractivity contribution in [2.75, 3.05) is 5.75 Å². The van der Waals surface area contributed by atoms with Crippen LogP contribution in [0.25, 0.3) is 22.0 Å². The zero-order valence-electron chi connectivity index (χ0n) is 18.6. The van der Waals surface area contributed by atoms with E-state index in [0.717, 1.165) is 28.7 Å². The predicted octanol–water partition coefficient (Wildman–Crippen LogP) is 5.24. The molecule has 8 heteroatoms. The second kappa shape index (κ2) is 10.8. The lowest BCUT2D eigenvalue weighted by Gasteiger charge is -2.13. The zero-order valence-corrected chi connectivity index (χ0v) is 20.2. The molecule has 0 radical (unpaired) electrons. The van der Waals surface area contributed by atoms with Crippen molar-refractivity contribution < 1.29 is 9.90 Å². The average Bonchev–Trinajstić information content (AvgIpc) is 2.83. The Hall–Kier alpha value is -3.16. The molecule has 1 aromatic heterocycles. The van der Waals surface area contributed by atoms with Crippen LogP contribution in [0.1, 0.15) is 17.5 Å². The topological polar surface area (TPSA) is 85.1 Å². The second-order valence-electron chi connectivity index (χ2n) is 8.08. The van der Waals surface area contributed by atoms with E-state index < -0.39 is 11.2 Å². The number of aromatic nitrogens is 3. The summed E-state index contributed by atoms with van der Waals surface area (Å²) in [5.74, 6) is -0.227. The van der Waals surface area contributed by atoms with Gasteiger partial charge in [-0.05, 0) is 66.5 Å². The van der Waals surface area contributed by atoms with Crippen LogP contribution < -0.4 is 5.56 Å². The summed E-state index contributed by atoms with van der Waals surface area (Å²) in [6.45, 7) is 2.11. The SMILES string of the molecule is Cc1ccc2nnn(CCC(SCCc3ccc(-c4ccc(Cl)cc4)cc3)C(=O)O)c(=O)c2c1. The summed E-state index contributed by atoms with van der Waals surface area (Å²) >= 11 is 7.34. The van der Waals surface area contributed by atoms with Gasteiger partial charge in [0.2, 0.25) is 0 Å². The minimum atomic E-state index is -0.888. The Kier molecular flexibility index (Phi) is 7.65. The highest BCUT2D eigenvalue weighted by atomic mass is 35.5. The van der Waals surface area contributed by atoms with E-state index in [1.54, 1.807) is 12.1 Å². The van der Waals surface area contributed by atoms with E-state index in [0.29, 0.717) is 28.1 Å². The van der Waals surface area contributed by atoms with Crippen LogP contribution in [0.2, 0.25) is 5.02 Å². The molecular weight excluding hydrogens is 470 g/mol. The quantitative estimate of drug-likeness (QED) is 0.343. The summed E-state index contributed by atoms with van der Waals surface area (Å²) in [6.07, 6.45) is 1.05. The number of carbonyl (C=O) groups is 1. The van der Waals surface area contributed by atoms with Crippen molar-refractivity contribution in [2.45, 2.75) is 31.6 Å². The summed E-state index contributed by atoms with van der Waals surface area (Å²) in [5.41, 5.74) is 4.60. The molecule has 0 saturated heterocycles. The Labute approximate surface area is 206 Å². The molecule has 0 bridgehead atoms. The van der Waals surface area contributed by atoms with Crippen LogP contribution in [0.15, 0.2) is 71.5 Å². The summed E-state index contributed by atoms with van der Waals surface area (Å²) in [5, 5.41) is 18.3. The molecule has 1 unspecified atom stereocenters. The van der Waals surface area contributed by atoms with Crippen molar-refractivity contribution >= 4 is 40.2 Å². The summed E-state index contributed by atoms with van der Waals surface area (Å²) in [6, 6.07) is 21.4. The zero-order chi connectivity index (χ0) is 24.1. The Balaban J connectivity index is 1.34. The number of carboxylic acid groups (broad SMARTS) is 1. The van der Waals surface area contributed by atoms with Crippen molar-refractivity contribution in [1.82, 2.24) is 15.0 Å². The summed E-state index contributed by atoms with van der Waals surface area (Å²) in [4.78, 5) is 24.5. The van der Waals surface area contributed by atoms with Gasteiger partial charge in [0.15, 0.2) is 0 Å². The van der Waals surface area contributed by atoms with E-state index >= 15 is 0 Å². The van der Waals surface area contributed by atoms with Crippen LogP contribution in [-0.2, 0) is 17.8 Å². The van der Waals surface area contributed by atoms with Gasteiger partial charge in [-0.1, -0.05) is 64.8 Å². The van der Waals surface area contributed by atoms with Crippen LogP contribution in [-0.4, -0.2) is 37.1 Å². The van der Waals surface area contributed by atoms with E-state index in [1.807, 2.05) is 37.3 Å². The number of fused-ring (bicyclic) bond motifs is 1. The van der Waals surface area contributed by atoms with Gasteiger partial charge in [0, 0.05) is 11.6 Å². The van der Waals surface area contributed by atoms with Crippen LogP contribution in [0, 0.1) is 6.92 Å². The smallest absolute Gasteiger partial charge is 0.316 e. The number of hydrogen-bond acceptors (Lipinski definition) is 5. The molecule has 0 amide bonds. The fraction of sp³-hybridized carbons (Fsp3) is 0.231. The van der Waals surface area contributed by atoms with E-state index in [2.05, 4.69) is 34.6 Å². The first-order chi connectivity index (χ1) is 16.4. The molecule has 3 aromatic carbocycles. The molecule has 4 rings (SSSR count). The maximum atomic E-state index is 12.7. The number of nitrogens with zero attached hydrogens (tertiary/aromatic N) is 3. The van der Waals surface area contributed by atoms with Gasteiger partial charge in [-0.25, -0.2) is 4.68 Å². The number of aliphatic carboxylic acids is 1. The number of halogens is 1. The Bertz CT molecular complexity index is 1350. The molecule has 4 aromatic rings. The van der Waals surface area contributed by atoms with Crippen molar-refractivity contribution in [2.24, 2.45) is 0 Å². The van der Waals surface area contributed by atoms with Crippen LogP contribution in [0.3, 0.4) is 0 Å². The van der Waals surface area contributed by atoms with Crippen molar-refractivity contribution in [3.8, 4) is 11.1 Å².